The average Bonchev–Trinajstić information content (AvgIpc) is 3.08. The first kappa shape index (κ1) is 18.7. The van der Waals surface area contributed by atoms with E-state index in [1.54, 1.807) is 12.1 Å². The Bertz CT molecular complexity index is 1000. The van der Waals surface area contributed by atoms with Crippen molar-refractivity contribution in [2.24, 2.45) is 0 Å². The number of rotatable bonds is 7. The lowest BCUT2D eigenvalue weighted by Crippen LogP contribution is -2.10. The van der Waals surface area contributed by atoms with Crippen molar-refractivity contribution in [1.82, 2.24) is 0 Å². The number of carbonyl (C=O) groups excluding carboxylic acids is 1. The minimum Gasteiger partial charge on any atom is -0.493 e. The first-order valence-corrected chi connectivity index (χ1v) is 9.19. The maximum Gasteiger partial charge on any atom is 0.344 e. The molecule has 3 aromatic rings. The highest BCUT2D eigenvalue weighted by molar-refractivity contribution is 5.98. The van der Waals surface area contributed by atoms with E-state index in [4.69, 9.17) is 18.9 Å². The van der Waals surface area contributed by atoms with Crippen LogP contribution in [-0.4, -0.2) is 20.2 Å². The van der Waals surface area contributed by atoms with E-state index in [2.05, 4.69) is 5.32 Å². The number of fused-ring (bicyclic) bond motifs is 1. The Morgan fingerprint density at radius 3 is 2.38 bits per heavy atom. The molecule has 1 atom stereocenters. The first-order chi connectivity index (χ1) is 14.2. The topological polar surface area (TPSA) is 66.0 Å². The molecule has 1 heterocycles. The SMILES string of the molecule is COc1ccc2c(c1OC)C(=O)O[C@@H]2Nc1ccc(OCc2ccccc2)cc1. The van der Waals surface area contributed by atoms with E-state index in [0.29, 0.717) is 29.2 Å². The van der Waals surface area contributed by atoms with Gasteiger partial charge in [-0.05, 0) is 42.0 Å². The van der Waals surface area contributed by atoms with Gasteiger partial charge in [0.2, 0.25) is 6.23 Å². The van der Waals surface area contributed by atoms with Gasteiger partial charge in [-0.25, -0.2) is 4.79 Å². The molecule has 1 aliphatic heterocycles. The molecule has 0 radical (unpaired) electrons. The van der Waals surface area contributed by atoms with Gasteiger partial charge in [-0.1, -0.05) is 30.3 Å². The summed E-state index contributed by atoms with van der Waals surface area (Å²) in [6.07, 6.45) is -0.603. The zero-order valence-electron chi connectivity index (χ0n) is 16.2. The number of hydrogen-bond donors (Lipinski definition) is 1. The third-order valence-electron chi connectivity index (χ3n) is 4.69. The molecule has 6 nitrogen and oxygen atoms in total. The number of methoxy groups -OCH3 is 2. The van der Waals surface area contributed by atoms with Crippen molar-refractivity contribution in [3.8, 4) is 17.2 Å². The van der Waals surface area contributed by atoms with Crippen LogP contribution in [0.1, 0.15) is 27.7 Å². The predicted octanol–water partition coefficient (Wildman–Crippen LogP) is 4.56. The minimum atomic E-state index is -0.603. The number of anilines is 1. The van der Waals surface area contributed by atoms with Crippen LogP contribution in [0.3, 0.4) is 0 Å². The molecular formula is C23H21NO5. The number of esters is 1. The summed E-state index contributed by atoms with van der Waals surface area (Å²) in [5.74, 6) is 1.18. The molecule has 0 unspecified atom stereocenters. The predicted molar refractivity (Wildman–Crippen MR) is 109 cm³/mol. The summed E-state index contributed by atoms with van der Waals surface area (Å²) < 4.78 is 21.9. The Morgan fingerprint density at radius 1 is 0.931 bits per heavy atom. The van der Waals surface area contributed by atoms with Gasteiger partial charge in [0.1, 0.15) is 17.9 Å². The van der Waals surface area contributed by atoms with Gasteiger partial charge in [0.05, 0.1) is 14.2 Å². The highest BCUT2D eigenvalue weighted by atomic mass is 16.6. The summed E-state index contributed by atoms with van der Waals surface area (Å²) in [6.45, 7) is 0.503. The molecular weight excluding hydrogens is 370 g/mol. The van der Waals surface area contributed by atoms with Gasteiger partial charge in [-0.15, -0.1) is 0 Å². The second-order valence-corrected chi connectivity index (χ2v) is 6.49. The van der Waals surface area contributed by atoms with Gasteiger partial charge >= 0.3 is 5.97 Å². The third kappa shape index (κ3) is 3.82. The average molecular weight is 391 g/mol. The monoisotopic (exact) mass is 391 g/mol. The first-order valence-electron chi connectivity index (χ1n) is 9.19. The molecule has 0 aromatic heterocycles. The Hall–Kier alpha value is -3.67. The number of nitrogens with one attached hydrogen (secondary N) is 1. The van der Waals surface area contributed by atoms with E-state index in [0.717, 1.165) is 17.0 Å². The maximum atomic E-state index is 12.4. The van der Waals surface area contributed by atoms with Gasteiger partial charge < -0.3 is 24.3 Å². The van der Waals surface area contributed by atoms with Gasteiger partial charge in [0.25, 0.3) is 0 Å². The molecule has 148 valence electrons. The van der Waals surface area contributed by atoms with E-state index in [-0.39, 0.29) is 0 Å². The van der Waals surface area contributed by atoms with Crippen LogP contribution in [0.25, 0.3) is 0 Å². The van der Waals surface area contributed by atoms with Crippen molar-refractivity contribution in [2.45, 2.75) is 12.8 Å². The molecule has 6 heteroatoms. The van der Waals surface area contributed by atoms with E-state index in [1.807, 2.05) is 54.6 Å². The fourth-order valence-corrected chi connectivity index (χ4v) is 3.25. The largest absolute Gasteiger partial charge is 0.493 e. The standard InChI is InChI=1S/C23H21NO5/c1-26-19-13-12-18-20(21(19)27-2)23(25)29-22(18)24-16-8-10-17(11-9-16)28-14-15-6-4-3-5-7-15/h3-13,22,24H,14H2,1-2H3/t22-/m0/s1. The highest BCUT2D eigenvalue weighted by Crippen LogP contribution is 2.42. The van der Waals surface area contributed by atoms with Crippen LogP contribution in [0.2, 0.25) is 0 Å². The number of ether oxygens (including phenoxy) is 4. The van der Waals surface area contributed by atoms with Gasteiger partial charge in [0, 0.05) is 11.3 Å². The van der Waals surface area contributed by atoms with E-state index in [9.17, 15) is 4.79 Å². The fourth-order valence-electron chi connectivity index (χ4n) is 3.25. The molecule has 0 saturated heterocycles. The summed E-state index contributed by atoms with van der Waals surface area (Å²) in [5, 5.41) is 3.22. The fraction of sp³-hybridized carbons (Fsp3) is 0.174. The molecule has 1 N–H and O–H groups in total. The number of benzene rings is 3. The van der Waals surface area contributed by atoms with Crippen LogP contribution < -0.4 is 19.5 Å². The van der Waals surface area contributed by atoms with Crippen LogP contribution in [0.15, 0.2) is 66.7 Å². The quantitative estimate of drug-likeness (QED) is 0.596. The van der Waals surface area contributed by atoms with Crippen molar-refractivity contribution in [3.63, 3.8) is 0 Å². The zero-order chi connectivity index (χ0) is 20.2. The molecule has 0 fully saturated rings. The van der Waals surface area contributed by atoms with Crippen molar-refractivity contribution in [1.29, 1.82) is 0 Å². The molecule has 0 bridgehead atoms. The van der Waals surface area contributed by atoms with Gasteiger partial charge in [0.15, 0.2) is 11.5 Å². The Balaban J connectivity index is 1.46. The van der Waals surface area contributed by atoms with E-state index in [1.165, 1.54) is 14.2 Å². The van der Waals surface area contributed by atoms with E-state index >= 15 is 0 Å². The van der Waals surface area contributed by atoms with Crippen LogP contribution in [0.5, 0.6) is 17.2 Å². The summed E-state index contributed by atoms with van der Waals surface area (Å²) in [4.78, 5) is 12.4. The van der Waals surface area contributed by atoms with Crippen molar-refractivity contribution in [3.05, 3.63) is 83.4 Å². The molecule has 1 aliphatic rings. The summed E-state index contributed by atoms with van der Waals surface area (Å²) in [7, 11) is 3.03. The lowest BCUT2D eigenvalue weighted by molar-refractivity contribution is 0.0435. The number of hydrogen-bond acceptors (Lipinski definition) is 6. The van der Waals surface area contributed by atoms with Gasteiger partial charge in [-0.2, -0.15) is 0 Å². The minimum absolute atomic E-state index is 0.379. The highest BCUT2D eigenvalue weighted by Gasteiger charge is 2.35. The van der Waals surface area contributed by atoms with Crippen molar-refractivity contribution < 1.29 is 23.7 Å². The number of carbonyl (C=O) groups is 1. The van der Waals surface area contributed by atoms with Crippen LogP contribution in [0, 0.1) is 0 Å². The smallest absolute Gasteiger partial charge is 0.344 e. The second kappa shape index (κ2) is 8.14. The molecule has 0 spiro atoms. The normalized spacial score (nSPS) is 14.7. The van der Waals surface area contributed by atoms with Crippen LogP contribution in [-0.2, 0) is 11.3 Å². The molecule has 0 saturated carbocycles. The zero-order valence-corrected chi connectivity index (χ0v) is 16.2. The lowest BCUT2D eigenvalue weighted by Gasteiger charge is -2.15. The van der Waals surface area contributed by atoms with Gasteiger partial charge in [-0.3, -0.25) is 0 Å². The summed E-state index contributed by atoms with van der Waals surface area (Å²) in [5.41, 5.74) is 3.00. The Labute approximate surface area is 169 Å². The second-order valence-electron chi connectivity index (χ2n) is 6.49. The Kier molecular flexibility index (Phi) is 5.24. The molecule has 0 amide bonds. The molecule has 0 aliphatic carbocycles. The van der Waals surface area contributed by atoms with Crippen LogP contribution in [0.4, 0.5) is 5.69 Å². The molecule has 3 aromatic carbocycles. The summed E-state index contributed by atoms with van der Waals surface area (Å²) >= 11 is 0. The maximum absolute atomic E-state index is 12.4. The molecule has 4 rings (SSSR count). The van der Waals surface area contributed by atoms with E-state index < -0.39 is 12.2 Å². The van der Waals surface area contributed by atoms with Crippen LogP contribution >= 0.6 is 0 Å². The lowest BCUT2D eigenvalue weighted by atomic mass is 10.1. The summed E-state index contributed by atoms with van der Waals surface area (Å²) in [6, 6.07) is 21.0. The Morgan fingerprint density at radius 2 is 1.69 bits per heavy atom. The molecule has 29 heavy (non-hydrogen) atoms. The third-order valence-corrected chi connectivity index (χ3v) is 4.69. The van der Waals surface area contributed by atoms with Crippen molar-refractivity contribution in [2.75, 3.05) is 19.5 Å². The number of cyclic esters (lactones) is 1. The van der Waals surface area contributed by atoms with Crippen molar-refractivity contribution >= 4 is 11.7 Å².